The highest BCUT2D eigenvalue weighted by molar-refractivity contribution is 6.51. The van der Waals surface area contributed by atoms with Crippen LogP contribution in [0.1, 0.15) is 10.4 Å². The van der Waals surface area contributed by atoms with Gasteiger partial charge in [-0.3, -0.25) is 4.79 Å². The molecule has 0 amide bonds. The predicted octanol–water partition coefficient (Wildman–Crippen LogP) is 5.78. The fourth-order valence-corrected chi connectivity index (χ4v) is 2.76. The molecule has 0 heterocycles. The van der Waals surface area contributed by atoms with Gasteiger partial charge in [-0.25, -0.2) is 0 Å². The molecule has 0 aliphatic carbocycles. The van der Waals surface area contributed by atoms with Crippen molar-refractivity contribution in [2.75, 3.05) is 0 Å². The van der Waals surface area contributed by atoms with E-state index in [2.05, 4.69) is 0 Å². The second-order valence-corrected chi connectivity index (χ2v) is 5.12. The second kappa shape index (κ2) is 5.50. The van der Waals surface area contributed by atoms with Gasteiger partial charge in [0, 0.05) is 11.1 Å². The largest absolute Gasteiger partial charge is 0.298 e. The van der Waals surface area contributed by atoms with Crippen LogP contribution in [0.4, 0.5) is 0 Å². The van der Waals surface area contributed by atoms with Gasteiger partial charge in [0.15, 0.2) is 6.29 Å². The molecule has 0 N–H and O–H groups in total. The minimum Gasteiger partial charge on any atom is -0.298 e. The maximum absolute atomic E-state index is 11.0. The SMILES string of the molecule is O=Cc1ccccc1-c1c(Cl)cc(Cl)c(Cl)c1Cl. The van der Waals surface area contributed by atoms with Gasteiger partial charge in [0.25, 0.3) is 0 Å². The Morgan fingerprint density at radius 3 is 2.22 bits per heavy atom. The van der Waals surface area contributed by atoms with Crippen molar-refractivity contribution in [3.8, 4) is 11.1 Å². The van der Waals surface area contributed by atoms with Gasteiger partial charge < -0.3 is 0 Å². The van der Waals surface area contributed by atoms with Gasteiger partial charge in [-0.2, -0.15) is 0 Å². The maximum Gasteiger partial charge on any atom is 0.150 e. The Labute approximate surface area is 124 Å². The summed E-state index contributed by atoms with van der Waals surface area (Å²) >= 11 is 24.1. The van der Waals surface area contributed by atoms with E-state index in [0.29, 0.717) is 21.7 Å². The molecule has 1 nitrogen and oxygen atoms in total. The summed E-state index contributed by atoms with van der Waals surface area (Å²) in [6, 6.07) is 8.48. The van der Waals surface area contributed by atoms with Crippen LogP contribution >= 0.6 is 46.4 Å². The van der Waals surface area contributed by atoms with E-state index in [4.69, 9.17) is 46.4 Å². The third-order valence-corrected chi connectivity index (χ3v) is 4.03. The van der Waals surface area contributed by atoms with Crippen molar-refractivity contribution in [1.82, 2.24) is 0 Å². The average molecular weight is 320 g/mol. The number of hydrogen-bond acceptors (Lipinski definition) is 1. The lowest BCUT2D eigenvalue weighted by molar-refractivity contribution is 0.112. The van der Waals surface area contributed by atoms with E-state index in [9.17, 15) is 4.79 Å². The number of aldehydes is 1. The Hall–Kier alpha value is -0.730. The molecule has 0 bridgehead atoms. The molecule has 0 aromatic heterocycles. The van der Waals surface area contributed by atoms with Crippen molar-refractivity contribution in [2.24, 2.45) is 0 Å². The van der Waals surface area contributed by atoms with Gasteiger partial charge in [-0.05, 0) is 11.6 Å². The van der Waals surface area contributed by atoms with Crippen LogP contribution < -0.4 is 0 Å². The van der Waals surface area contributed by atoms with Crippen LogP contribution in [0, 0.1) is 0 Å². The molecular weight excluding hydrogens is 314 g/mol. The zero-order valence-corrected chi connectivity index (χ0v) is 11.9. The van der Waals surface area contributed by atoms with Crippen LogP contribution in [0.5, 0.6) is 0 Å². The van der Waals surface area contributed by atoms with Crippen molar-refractivity contribution in [3.05, 3.63) is 56.0 Å². The van der Waals surface area contributed by atoms with Gasteiger partial charge in [0.1, 0.15) is 0 Å². The molecule has 92 valence electrons. The first kappa shape index (κ1) is 13.7. The Balaban J connectivity index is 2.79. The molecule has 0 aliphatic rings. The molecule has 2 aromatic rings. The first-order valence-corrected chi connectivity index (χ1v) is 6.45. The van der Waals surface area contributed by atoms with E-state index >= 15 is 0 Å². The molecule has 0 atom stereocenters. The Bertz CT molecular complexity index is 623. The monoisotopic (exact) mass is 318 g/mol. The molecule has 0 saturated heterocycles. The average Bonchev–Trinajstić information content (AvgIpc) is 2.37. The summed E-state index contributed by atoms with van der Waals surface area (Å²) in [5.41, 5.74) is 1.62. The molecule has 5 heteroatoms. The lowest BCUT2D eigenvalue weighted by atomic mass is 10.0. The summed E-state index contributed by atoms with van der Waals surface area (Å²) in [5.74, 6) is 0. The number of carbonyl (C=O) groups is 1. The van der Waals surface area contributed by atoms with E-state index in [1.54, 1.807) is 24.3 Å². The molecular formula is C13H6Cl4O. The first-order chi connectivity index (χ1) is 8.56. The summed E-state index contributed by atoms with van der Waals surface area (Å²) in [7, 11) is 0. The van der Waals surface area contributed by atoms with Crippen molar-refractivity contribution in [1.29, 1.82) is 0 Å². The first-order valence-electron chi connectivity index (χ1n) is 4.94. The van der Waals surface area contributed by atoms with E-state index < -0.39 is 0 Å². The summed E-state index contributed by atoms with van der Waals surface area (Å²) in [6.45, 7) is 0. The molecule has 0 radical (unpaired) electrons. The van der Waals surface area contributed by atoms with E-state index in [1.165, 1.54) is 6.07 Å². The highest BCUT2D eigenvalue weighted by atomic mass is 35.5. The summed E-state index contributed by atoms with van der Waals surface area (Å²) < 4.78 is 0. The fourth-order valence-electron chi connectivity index (χ4n) is 1.64. The number of hydrogen-bond donors (Lipinski definition) is 0. The predicted molar refractivity (Wildman–Crippen MR) is 77.3 cm³/mol. The third kappa shape index (κ3) is 2.36. The molecule has 2 aromatic carbocycles. The van der Waals surface area contributed by atoms with Crippen LogP contribution in [0.2, 0.25) is 20.1 Å². The van der Waals surface area contributed by atoms with Crippen molar-refractivity contribution in [2.45, 2.75) is 0 Å². The highest BCUT2D eigenvalue weighted by Gasteiger charge is 2.17. The van der Waals surface area contributed by atoms with E-state index in [1.807, 2.05) is 0 Å². The van der Waals surface area contributed by atoms with Crippen molar-refractivity contribution in [3.63, 3.8) is 0 Å². The third-order valence-electron chi connectivity index (χ3n) is 2.47. The maximum atomic E-state index is 11.0. The van der Waals surface area contributed by atoms with E-state index in [0.717, 1.165) is 6.29 Å². The molecule has 0 aliphatic heterocycles. The minimum atomic E-state index is 0.221. The summed E-state index contributed by atoms with van der Waals surface area (Å²) in [4.78, 5) is 11.0. The van der Waals surface area contributed by atoms with Crippen LogP contribution in [0.15, 0.2) is 30.3 Å². The quantitative estimate of drug-likeness (QED) is 0.389. The fraction of sp³-hybridized carbons (Fsp3) is 0. The highest BCUT2D eigenvalue weighted by Crippen LogP contribution is 2.43. The molecule has 0 unspecified atom stereocenters. The zero-order valence-electron chi connectivity index (χ0n) is 8.88. The van der Waals surface area contributed by atoms with Crippen molar-refractivity contribution < 1.29 is 4.79 Å². The van der Waals surface area contributed by atoms with Crippen LogP contribution in [0.3, 0.4) is 0 Å². The van der Waals surface area contributed by atoms with Crippen LogP contribution in [0.25, 0.3) is 11.1 Å². The molecule has 0 fully saturated rings. The van der Waals surface area contributed by atoms with Gasteiger partial charge >= 0.3 is 0 Å². The van der Waals surface area contributed by atoms with Crippen molar-refractivity contribution >= 4 is 52.7 Å². The minimum absolute atomic E-state index is 0.221. The number of rotatable bonds is 2. The smallest absolute Gasteiger partial charge is 0.150 e. The number of benzene rings is 2. The molecule has 2 rings (SSSR count). The standard InChI is InChI=1S/C13H6Cl4O/c14-9-5-10(15)12(16)13(17)11(9)8-4-2-1-3-7(8)6-18/h1-6H. The lowest BCUT2D eigenvalue weighted by Gasteiger charge is -2.11. The van der Waals surface area contributed by atoms with Gasteiger partial charge in [0.2, 0.25) is 0 Å². The lowest BCUT2D eigenvalue weighted by Crippen LogP contribution is -1.90. The number of halogens is 4. The Morgan fingerprint density at radius 2 is 1.56 bits per heavy atom. The Morgan fingerprint density at radius 1 is 0.889 bits per heavy atom. The Kier molecular flexibility index (Phi) is 4.18. The van der Waals surface area contributed by atoms with Crippen LogP contribution in [-0.2, 0) is 0 Å². The number of carbonyl (C=O) groups excluding carboxylic acids is 1. The van der Waals surface area contributed by atoms with E-state index in [-0.39, 0.29) is 15.1 Å². The summed E-state index contributed by atoms with van der Waals surface area (Å²) in [6.07, 6.45) is 0.741. The normalized spacial score (nSPS) is 10.4. The zero-order chi connectivity index (χ0) is 13.3. The molecule has 0 saturated carbocycles. The van der Waals surface area contributed by atoms with Gasteiger partial charge in [0.05, 0.1) is 20.1 Å². The second-order valence-electron chi connectivity index (χ2n) is 3.55. The van der Waals surface area contributed by atoms with Gasteiger partial charge in [-0.1, -0.05) is 70.7 Å². The topological polar surface area (TPSA) is 17.1 Å². The summed E-state index contributed by atoms with van der Waals surface area (Å²) in [5, 5.41) is 1.09. The van der Waals surface area contributed by atoms with Gasteiger partial charge in [-0.15, -0.1) is 0 Å². The van der Waals surface area contributed by atoms with Crippen LogP contribution in [-0.4, -0.2) is 6.29 Å². The molecule has 0 spiro atoms. The molecule has 18 heavy (non-hydrogen) atoms.